The smallest absolute Gasteiger partial charge is 0.418 e. The van der Waals surface area contributed by atoms with Crippen molar-refractivity contribution in [3.63, 3.8) is 0 Å². The zero-order chi connectivity index (χ0) is 48.3. The van der Waals surface area contributed by atoms with Crippen molar-refractivity contribution >= 4 is 35.7 Å². The third kappa shape index (κ3) is 11.1. The first-order chi connectivity index (χ1) is 31.4. The van der Waals surface area contributed by atoms with E-state index in [-0.39, 0.29) is 39.0 Å². The number of nitrogens with zero attached hydrogens (tertiary/aromatic N) is 4. The molecule has 1 aliphatic heterocycles. The van der Waals surface area contributed by atoms with E-state index in [0.29, 0.717) is 11.1 Å². The number of imide groups is 2. The summed E-state index contributed by atoms with van der Waals surface area (Å²) in [5.41, 5.74) is 13.6. The lowest BCUT2D eigenvalue weighted by Gasteiger charge is -2.52. The molecule has 0 aromatic heterocycles. The number of hydrogen-bond donors (Lipinski definition) is 2. The van der Waals surface area contributed by atoms with Crippen molar-refractivity contribution in [3.05, 3.63) is 144 Å². The Bertz CT molecular complexity index is 2280. The zero-order valence-corrected chi connectivity index (χ0v) is 39.5. The highest BCUT2D eigenvalue weighted by Gasteiger charge is 2.59. The van der Waals surface area contributed by atoms with E-state index in [1.54, 1.807) is 56.9 Å². The highest BCUT2D eigenvalue weighted by atomic mass is 16.6. The SMILES string of the molecule is CCC(=O)N(C(=O)[C@@](N)(N1CC(Cc2ccccc2)C(=O)N([C@@H](C)N(C(=O)OCc2ccccc2)C(=O)[C@H](C)N)C(Cc2ccccc2)C1)C(C)(C)c1ccccc1)C(C(=O)OC)C(C)C. The van der Waals surface area contributed by atoms with Gasteiger partial charge in [-0.05, 0) is 54.9 Å². The highest BCUT2D eigenvalue weighted by molar-refractivity contribution is 6.04. The number of carbonyl (C=O) groups excluding carboxylic acids is 6. The summed E-state index contributed by atoms with van der Waals surface area (Å²) in [6.07, 6.45) is -2.03. The molecule has 66 heavy (non-hydrogen) atoms. The third-order valence-corrected chi connectivity index (χ3v) is 12.7. The average Bonchev–Trinajstić information content (AvgIpc) is 3.45. The first-order valence-electron chi connectivity index (χ1n) is 22.6. The minimum absolute atomic E-state index is 0.0905. The first kappa shape index (κ1) is 50.8. The van der Waals surface area contributed by atoms with Gasteiger partial charge in [0, 0.05) is 24.9 Å². The molecule has 5 amide bonds. The summed E-state index contributed by atoms with van der Waals surface area (Å²) in [7, 11) is 1.20. The second-order valence-electron chi connectivity index (χ2n) is 17.9. The summed E-state index contributed by atoms with van der Waals surface area (Å²) in [5, 5.41) is 0. The maximum Gasteiger partial charge on any atom is 0.418 e. The fourth-order valence-electron chi connectivity index (χ4n) is 9.01. The van der Waals surface area contributed by atoms with E-state index in [4.69, 9.17) is 20.9 Å². The van der Waals surface area contributed by atoms with Gasteiger partial charge in [0.15, 0.2) is 5.66 Å². The third-order valence-electron chi connectivity index (χ3n) is 12.7. The molecule has 0 bridgehead atoms. The van der Waals surface area contributed by atoms with Gasteiger partial charge in [-0.25, -0.2) is 14.5 Å². The van der Waals surface area contributed by atoms with E-state index >= 15 is 9.59 Å². The molecule has 4 N–H and O–H groups in total. The second kappa shape index (κ2) is 22.3. The van der Waals surface area contributed by atoms with Gasteiger partial charge in [0.05, 0.1) is 25.1 Å². The van der Waals surface area contributed by atoms with Gasteiger partial charge in [-0.15, -0.1) is 0 Å². The molecule has 4 aromatic carbocycles. The summed E-state index contributed by atoms with van der Waals surface area (Å²) in [5.74, 6) is -4.97. The Hall–Kier alpha value is -6.22. The second-order valence-corrected chi connectivity index (χ2v) is 17.9. The van der Waals surface area contributed by atoms with E-state index in [2.05, 4.69) is 0 Å². The molecule has 0 spiro atoms. The largest absolute Gasteiger partial charge is 0.467 e. The Balaban J connectivity index is 1.79. The van der Waals surface area contributed by atoms with Gasteiger partial charge in [-0.2, -0.15) is 0 Å². The topological polar surface area (TPSA) is 186 Å². The van der Waals surface area contributed by atoms with Crippen LogP contribution >= 0.6 is 0 Å². The van der Waals surface area contributed by atoms with Crippen molar-refractivity contribution < 1.29 is 38.2 Å². The summed E-state index contributed by atoms with van der Waals surface area (Å²) < 4.78 is 11.0. The van der Waals surface area contributed by atoms with Gasteiger partial charge >= 0.3 is 12.1 Å². The van der Waals surface area contributed by atoms with Crippen molar-refractivity contribution in [1.82, 2.24) is 19.6 Å². The lowest BCUT2D eigenvalue weighted by molar-refractivity contribution is -0.170. The fraction of sp³-hybridized carbons (Fsp3) is 0.423. The van der Waals surface area contributed by atoms with Crippen LogP contribution in [0, 0.1) is 11.8 Å². The molecule has 14 nitrogen and oxygen atoms in total. The molecule has 3 unspecified atom stereocenters. The van der Waals surface area contributed by atoms with Gasteiger partial charge in [-0.3, -0.25) is 29.0 Å². The van der Waals surface area contributed by atoms with Crippen LogP contribution in [0.1, 0.15) is 77.1 Å². The maximum absolute atomic E-state index is 16.0. The number of benzene rings is 4. The number of rotatable bonds is 17. The molecule has 5 rings (SSSR count). The lowest BCUT2D eigenvalue weighted by atomic mass is 9.70. The van der Waals surface area contributed by atoms with Crippen molar-refractivity contribution in [2.75, 3.05) is 20.2 Å². The Kier molecular flexibility index (Phi) is 17.2. The molecule has 4 aromatic rings. The summed E-state index contributed by atoms with van der Waals surface area (Å²) in [4.78, 5) is 93.4. The van der Waals surface area contributed by atoms with Crippen molar-refractivity contribution in [1.29, 1.82) is 0 Å². The molecular formula is C52H66N6O8. The number of methoxy groups -OCH3 is 1. The predicted molar refractivity (Wildman–Crippen MR) is 252 cm³/mol. The van der Waals surface area contributed by atoms with Crippen LogP contribution in [0.2, 0.25) is 0 Å². The summed E-state index contributed by atoms with van der Waals surface area (Å²) >= 11 is 0. The van der Waals surface area contributed by atoms with Crippen LogP contribution in [0.4, 0.5) is 4.79 Å². The Morgan fingerprint density at radius 1 is 0.742 bits per heavy atom. The lowest BCUT2D eigenvalue weighted by Crippen LogP contribution is -2.76. The van der Waals surface area contributed by atoms with Crippen molar-refractivity contribution in [3.8, 4) is 0 Å². The quantitative estimate of drug-likeness (QED) is 0.118. The van der Waals surface area contributed by atoms with Gasteiger partial charge in [0.2, 0.25) is 17.7 Å². The van der Waals surface area contributed by atoms with Crippen molar-refractivity contribution in [2.24, 2.45) is 23.3 Å². The van der Waals surface area contributed by atoms with E-state index < -0.39 is 82.9 Å². The van der Waals surface area contributed by atoms with Gasteiger partial charge < -0.3 is 25.8 Å². The minimum Gasteiger partial charge on any atom is -0.467 e. The number of esters is 1. The zero-order valence-electron chi connectivity index (χ0n) is 39.5. The molecule has 6 atom stereocenters. The molecule has 1 aliphatic rings. The fourth-order valence-corrected chi connectivity index (χ4v) is 9.01. The molecule has 1 saturated heterocycles. The molecule has 0 aliphatic carbocycles. The monoisotopic (exact) mass is 902 g/mol. The first-order valence-corrected chi connectivity index (χ1v) is 22.6. The molecule has 1 fully saturated rings. The van der Waals surface area contributed by atoms with E-state index in [1.807, 2.05) is 111 Å². The van der Waals surface area contributed by atoms with Crippen LogP contribution in [0.3, 0.4) is 0 Å². The van der Waals surface area contributed by atoms with E-state index in [9.17, 15) is 19.2 Å². The molecular weight excluding hydrogens is 837 g/mol. The van der Waals surface area contributed by atoms with Crippen LogP contribution in [-0.4, -0.2) is 105 Å². The summed E-state index contributed by atoms with van der Waals surface area (Å²) in [6.45, 7) is 11.4. The normalized spacial score (nSPS) is 18.0. The number of amides is 5. The van der Waals surface area contributed by atoms with Crippen LogP contribution in [-0.2, 0) is 58.3 Å². The molecule has 14 heteroatoms. The Morgan fingerprint density at radius 3 is 1.73 bits per heavy atom. The Morgan fingerprint density at radius 2 is 1.24 bits per heavy atom. The van der Waals surface area contributed by atoms with Crippen LogP contribution in [0.15, 0.2) is 121 Å². The van der Waals surface area contributed by atoms with Crippen molar-refractivity contribution in [2.45, 2.75) is 110 Å². The standard InChI is InChI=1S/C52H66N6O8/c1-9-44(59)58(45(35(2)3)48(62)65-8)49(63)52(54,51(6,7)42-28-20-13-21-29-42)55-32-41(30-38-22-14-10-15-23-38)47(61)56(43(33-55)31-39-24-16-11-17-25-39)37(5)57(46(60)36(4)53)50(64)66-34-40-26-18-12-19-27-40/h10-29,35-37,41,43,45H,9,30-34,53-54H2,1-8H3/t36-,37+,41?,43?,45?,52+/m0/s1. The maximum atomic E-state index is 16.0. The van der Waals surface area contributed by atoms with Crippen LogP contribution in [0.5, 0.6) is 0 Å². The number of nitrogens with two attached hydrogens (primary N) is 2. The van der Waals surface area contributed by atoms with E-state index in [1.165, 1.54) is 18.9 Å². The average molecular weight is 903 g/mol. The van der Waals surface area contributed by atoms with Crippen LogP contribution in [0.25, 0.3) is 0 Å². The number of hydrogen-bond acceptors (Lipinski definition) is 11. The molecule has 352 valence electrons. The predicted octanol–water partition coefficient (Wildman–Crippen LogP) is 6.06. The van der Waals surface area contributed by atoms with Gasteiger partial charge in [0.1, 0.15) is 18.8 Å². The molecule has 0 saturated carbocycles. The van der Waals surface area contributed by atoms with Crippen LogP contribution < -0.4 is 11.5 Å². The summed E-state index contributed by atoms with van der Waals surface area (Å²) in [6, 6.07) is 33.6. The molecule has 1 heterocycles. The molecule has 0 radical (unpaired) electrons. The number of carbonyl (C=O) groups is 6. The van der Waals surface area contributed by atoms with Gasteiger partial charge in [-0.1, -0.05) is 156 Å². The van der Waals surface area contributed by atoms with Gasteiger partial charge in [0.25, 0.3) is 5.91 Å². The van der Waals surface area contributed by atoms with E-state index in [0.717, 1.165) is 20.9 Å². The highest BCUT2D eigenvalue weighted by Crippen LogP contribution is 2.41. The minimum atomic E-state index is -2.15. The number of ether oxygens (including phenoxy) is 2. The Labute approximate surface area is 389 Å².